The van der Waals surface area contributed by atoms with Crippen LogP contribution in [0.3, 0.4) is 0 Å². The number of halogens is 2. The Morgan fingerprint density at radius 3 is 2.42 bits per heavy atom. The van der Waals surface area contributed by atoms with Gasteiger partial charge in [0.2, 0.25) is 0 Å². The maximum Gasteiger partial charge on any atom is 0.323 e. The number of benzene rings is 2. The molecule has 2 rings (SSSR count). The van der Waals surface area contributed by atoms with Gasteiger partial charge in [-0.3, -0.25) is 0 Å². The summed E-state index contributed by atoms with van der Waals surface area (Å²) in [6.45, 7) is 0. The third-order valence-corrected chi connectivity index (χ3v) is 2.62. The van der Waals surface area contributed by atoms with Gasteiger partial charge in [0.15, 0.2) is 0 Å². The Morgan fingerprint density at radius 2 is 1.79 bits per heavy atom. The quantitative estimate of drug-likeness (QED) is 0.734. The van der Waals surface area contributed by atoms with Gasteiger partial charge in [-0.15, -0.1) is 0 Å². The molecule has 6 heteroatoms. The standard InChI is InChI=1S/C13H11ClFN3O/c14-8-1-4-10(5-2-8)17-13(19)18-12-6-3-9(15)7-11(12)16/h1-7H,16H2,(H2,17,18,19). The summed E-state index contributed by atoms with van der Waals surface area (Å²) in [6.07, 6.45) is 0. The summed E-state index contributed by atoms with van der Waals surface area (Å²) in [6, 6.07) is 9.91. The summed E-state index contributed by atoms with van der Waals surface area (Å²) in [5.41, 5.74) is 6.67. The smallest absolute Gasteiger partial charge is 0.323 e. The van der Waals surface area contributed by atoms with E-state index >= 15 is 0 Å². The molecule has 0 saturated heterocycles. The second-order valence-electron chi connectivity index (χ2n) is 3.82. The molecule has 4 N–H and O–H groups in total. The van der Waals surface area contributed by atoms with Crippen molar-refractivity contribution < 1.29 is 9.18 Å². The Bertz CT molecular complexity index is 601. The number of amides is 2. The van der Waals surface area contributed by atoms with Crippen molar-refractivity contribution in [3.63, 3.8) is 0 Å². The van der Waals surface area contributed by atoms with Crippen LogP contribution in [0.25, 0.3) is 0 Å². The van der Waals surface area contributed by atoms with Crippen LogP contribution in [0.5, 0.6) is 0 Å². The molecule has 2 aromatic carbocycles. The molecular weight excluding hydrogens is 269 g/mol. The highest BCUT2D eigenvalue weighted by atomic mass is 35.5. The monoisotopic (exact) mass is 279 g/mol. The maximum absolute atomic E-state index is 12.8. The van der Waals surface area contributed by atoms with Gasteiger partial charge in [0, 0.05) is 10.7 Å². The Labute approximate surface area is 114 Å². The molecule has 0 aliphatic heterocycles. The fourth-order valence-electron chi connectivity index (χ4n) is 1.47. The topological polar surface area (TPSA) is 67.1 Å². The average molecular weight is 280 g/mol. The van der Waals surface area contributed by atoms with Crippen LogP contribution in [-0.2, 0) is 0 Å². The van der Waals surface area contributed by atoms with Crippen molar-refractivity contribution in [2.24, 2.45) is 0 Å². The van der Waals surface area contributed by atoms with Crippen LogP contribution >= 0.6 is 11.6 Å². The molecule has 0 heterocycles. The molecule has 0 bridgehead atoms. The van der Waals surface area contributed by atoms with Crippen LogP contribution < -0.4 is 16.4 Å². The number of hydrogen-bond donors (Lipinski definition) is 3. The average Bonchev–Trinajstić information content (AvgIpc) is 2.36. The van der Waals surface area contributed by atoms with Crippen molar-refractivity contribution in [3.05, 3.63) is 53.3 Å². The number of anilines is 3. The lowest BCUT2D eigenvalue weighted by atomic mass is 10.2. The van der Waals surface area contributed by atoms with Crippen molar-refractivity contribution >= 4 is 34.7 Å². The molecule has 0 aromatic heterocycles. The Hall–Kier alpha value is -2.27. The van der Waals surface area contributed by atoms with Gasteiger partial charge in [-0.05, 0) is 42.5 Å². The first-order valence-electron chi connectivity index (χ1n) is 5.43. The lowest BCUT2D eigenvalue weighted by Crippen LogP contribution is -2.20. The van der Waals surface area contributed by atoms with Crippen LogP contribution in [0.1, 0.15) is 0 Å². The number of nitrogens with two attached hydrogens (primary N) is 1. The van der Waals surface area contributed by atoms with E-state index in [1.807, 2.05) is 0 Å². The van der Waals surface area contributed by atoms with E-state index in [9.17, 15) is 9.18 Å². The highest BCUT2D eigenvalue weighted by molar-refractivity contribution is 6.30. The number of carbonyl (C=O) groups is 1. The molecule has 0 saturated carbocycles. The Morgan fingerprint density at radius 1 is 1.11 bits per heavy atom. The zero-order valence-electron chi connectivity index (χ0n) is 9.78. The molecule has 0 fully saturated rings. The number of urea groups is 1. The summed E-state index contributed by atoms with van der Waals surface area (Å²) < 4.78 is 12.8. The molecule has 2 amide bonds. The molecular formula is C13H11ClFN3O. The SMILES string of the molecule is Nc1cc(F)ccc1NC(=O)Nc1ccc(Cl)cc1. The molecule has 19 heavy (non-hydrogen) atoms. The minimum atomic E-state index is -0.472. The molecule has 98 valence electrons. The molecule has 0 aliphatic carbocycles. The molecule has 0 aliphatic rings. The predicted molar refractivity (Wildman–Crippen MR) is 74.9 cm³/mol. The molecule has 4 nitrogen and oxygen atoms in total. The first-order valence-corrected chi connectivity index (χ1v) is 5.81. The zero-order valence-corrected chi connectivity index (χ0v) is 10.5. The summed E-state index contributed by atoms with van der Waals surface area (Å²) in [4.78, 5) is 11.7. The van der Waals surface area contributed by atoms with Crippen molar-refractivity contribution in [2.45, 2.75) is 0 Å². The van der Waals surface area contributed by atoms with E-state index in [0.717, 1.165) is 6.07 Å². The Kier molecular flexibility index (Phi) is 3.87. The second kappa shape index (κ2) is 5.58. The fraction of sp³-hybridized carbons (Fsp3) is 0. The number of nitrogen functional groups attached to an aromatic ring is 1. The highest BCUT2D eigenvalue weighted by Crippen LogP contribution is 2.19. The van der Waals surface area contributed by atoms with E-state index in [2.05, 4.69) is 10.6 Å². The van der Waals surface area contributed by atoms with E-state index in [0.29, 0.717) is 16.4 Å². The fourth-order valence-corrected chi connectivity index (χ4v) is 1.59. The van der Waals surface area contributed by atoms with Crippen LogP contribution in [0.15, 0.2) is 42.5 Å². The van der Waals surface area contributed by atoms with Crippen LogP contribution in [0, 0.1) is 5.82 Å². The van der Waals surface area contributed by atoms with Gasteiger partial charge < -0.3 is 16.4 Å². The zero-order chi connectivity index (χ0) is 13.8. The van der Waals surface area contributed by atoms with Gasteiger partial charge in [0.25, 0.3) is 0 Å². The van der Waals surface area contributed by atoms with Crippen molar-refractivity contribution in [1.29, 1.82) is 0 Å². The lowest BCUT2D eigenvalue weighted by molar-refractivity contribution is 0.262. The molecule has 0 radical (unpaired) electrons. The summed E-state index contributed by atoms with van der Waals surface area (Å²) in [5, 5.41) is 5.70. The summed E-state index contributed by atoms with van der Waals surface area (Å²) in [7, 11) is 0. The molecule has 0 spiro atoms. The minimum Gasteiger partial charge on any atom is -0.397 e. The lowest BCUT2D eigenvalue weighted by Gasteiger charge is -2.09. The predicted octanol–water partition coefficient (Wildman–Crippen LogP) is 3.71. The normalized spacial score (nSPS) is 10.0. The maximum atomic E-state index is 12.8. The van der Waals surface area contributed by atoms with E-state index in [-0.39, 0.29) is 5.69 Å². The van der Waals surface area contributed by atoms with Crippen LogP contribution in [0.2, 0.25) is 5.02 Å². The van der Waals surface area contributed by atoms with Gasteiger partial charge >= 0.3 is 6.03 Å². The molecule has 0 unspecified atom stereocenters. The van der Waals surface area contributed by atoms with E-state index in [1.54, 1.807) is 24.3 Å². The van der Waals surface area contributed by atoms with E-state index in [1.165, 1.54) is 12.1 Å². The first kappa shape index (κ1) is 13.2. The van der Waals surface area contributed by atoms with Gasteiger partial charge in [-0.2, -0.15) is 0 Å². The summed E-state index contributed by atoms with van der Waals surface area (Å²) >= 11 is 5.73. The van der Waals surface area contributed by atoms with E-state index < -0.39 is 11.8 Å². The van der Waals surface area contributed by atoms with Gasteiger partial charge in [-0.25, -0.2) is 9.18 Å². The first-order chi connectivity index (χ1) is 9.04. The largest absolute Gasteiger partial charge is 0.397 e. The van der Waals surface area contributed by atoms with Gasteiger partial charge in [0.1, 0.15) is 5.82 Å². The highest BCUT2D eigenvalue weighted by Gasteiger charge is 2.06. The van der Waals surface area contributed by atoms with Crippen molar-refractivity contribution in [2.75, 3.05) is 16.4 Å². The third kappa shape index (κ3) is 3.59. The van der Waals surface area contributed by atoms with Gasteiger partial charge in [0.05, 0.1) is 11.4 Å². The second-order valence-corrected chi connectivity index (χ2v) is 4.25. The van der Waals surface area contributed by atoms with Crippen molar-refractivity contribution in [1.82, 2.24) is 0 Å². The number of nitrogens with one attached hydrogen (secondary N) is 2. The molecule has 0 atom stereocenters. The summed E-state index contributed by atoms with van der Waals surface area (Å²) in [5.74, 6) is -0.457. The van der Waals surface area contributed by atoms with Gasteiger partial charge in [-0.1, -0.05) is 11.6 Å². The molecule has 2 aromatic rings. The number of rotatable bonds is 2. The number of hydrogen-bond acceptors (Lipinski definition) is 2. The van der Waals surface area contributed by atoms with E-state index in [4.69, 9.17) is 17.3 Å². The van der Waals surface area contributed by atoms with Crippen LogP contribution in [0.4, 0.5) is 26.2 Å². The van der Waals surface area contributed by atoms with Crippen molar-refractivity contribution in [3.8, 4) is 0 Å². The third-order valence-electron chi connectivity index (χ3n) is 2.36. The van der Waals surface area contributed by atoms with Crippen LogP contribution in [-0.4, -0.2) is 6.03 Å². The number of carbonyl (C=O) groups excluding carboxylic acids is 1. The minimum absolute atomic E-state index is 0.159. The Balaban J connectivity index is 2.03.